The van der Waals surface area contributed by atoms with Crippen LogP contribution in [0, 0.1) is 19.8 Å². The highest BCUT2D eigenvalue weighted by Gasteiger charge is 2.19. The fourth-order valence-electron chi connectivity index (χ4n) is 2.83. The van der Waals surface area contributed by atoms with E-state index in [-0.39, 0.29) is 0 Å². The van der Waals surface area contributed by atoms with Gasteiger partial charge in [0.15, 0.2) is 5.82 Å². The predicted molar refractivity (Wildman–Crippen MR) is 107 cm³/mol. The van der Waals surface area contributed by atoms with Crippen molar-refractivity contribution in [2.24, 2.45) is 5.92 Å². The first-order chi connectivity index (χ1) is 12.9. The highest BCUT2D eigenvalue weighted by molar-refractivity contribution is 5.71. The summed E-state index contributed by atoms with van der Waals surface area (Å²) >= 11 is 0. The molecule has 2 aromatic carbocycles. The van der Waals surface area contributed by atoms with E-state index < -0.39 is 11.9 Å². The van der Waals surface area contributed by atoms with E-state index in [2.05, 4.69) is 10.3 Å². The summed E-state index contributed by atoms with van der Waals surface area (Å²) in [5, 5.41) is 12.7. The number of hydrogen-bond donors (Lipinski definition) is 2. The molecule has 0 saturated heterocycles. The van der Waals surface area contributed by atoms with Gasteiger partial charge >= 0.3 is 5.97 Å². The maximum Gasteiger partial charge on any atom is 0.306 e. The van der Waals surface area contributed by atoms with Crippen molar-refractivity contribution in [1.29, 1.82) is 0 Å². The lowest BCUT2D eigenvalue weighted by atomic mass is 10.00. The second-order valence-electron chi connectivity index (χ2n) is 6.76. The molecule has 0 amide bonds. The van der Waals surface area contributed by atoms with Crippen molar-refractivity contribution in [3.8, 4) is 11.4 Å². The molecule has 1 atom stereocenters. The van der Waals surface area contributed by atoms with Gasteiger partial charge in [-0.25, -0.2) is 9.97 Å². The van der Waals surface area contributed by atoms with E-state index in [1.807, 2.05) is 68.4 Å². The van der Waals surface area contributed by atoms with Gasteiger partial charge in [0.25, 0.3) is 0 Å². The van der Waals surface area contributed by atoms with Crippen LogP contribution >= 0.6 is 0 Å². The zero-order valence-corrected chi connectivity index (χ0v) is 15.7. The molecule has 0 aliphatic carbocycles. The van der Waals surface area contributed by atoms with Crippen molar-refractivity contribution in [3.05, 3.63) is 71.4 Å². The first kappa shape index (κ1) is 18.6. The summed E-state index contributed by atoms with van der Waals surface area (Å²) in [6, 6.07) is 17.8. The Morgan fingerprint density at radius 1 is 1.04 bits per heavy atom. The molecular formula is C22H23N3O2. The molecule has 0 aliphatic rings. The van der Waals surface area contributed by atoms with Crippen LogP contribution in [0.5, 0.6) is 0 Å². The maximum absolute atomic E-state index is 11.3. The molecule has 0 fully saturated rings. The minimum absolute atomic E-state index is 0.366. The molecule has 1 heterocycles. The van der Waals surface area contributed by atoms with Gasteiger partial charge in [-0.1, -0.05) is 55.0 Å². The summed E-state index contributed by atoms with van der Waals surface area (Å²) in [5.41, 5.74) is 4.60. The van der Waals surface area contributed by atoms with Crippen molar-refractivity contribution < 1.29 is 9.90 Å². The summed E-state index contributed by atoms with van der Waals surface area (Å²) in [5.74, 6) is -0.0796. The van der Waals surface area contributed by atoms with E-state index in [0.29, 0.717) is 18.1 Å². The zero-order valence-electron chi connectivity index (χ0n) is 15.7. The fourth-order valence-corrected chi connectivity index (χ4v) is 2.83. The van der Waals surface area contributed by atoms with Crippen molar-refractivity contribution in [2.75, 3.05) is 5.32 Å². The van der Waals surface area contributed by atoms with Gasteiger partial charge < -0.3 is 10.4 Å². The number of hydrogen-bond acceptors (Lipinski definition) is 4. The lowest BCUT2D eigenvalue weighted by molar-refractivity contribution is -0.141. The van der Waals surface area contributed by atoms with Crippen LogP contribution in [0.2, 0.25) is 0 Å². The smallest absolute Gasteiger partial charge is 0.306 e. The van der Waals surface area contributed by atoms with Gasteiger partial charge in [-0.3, -0.25) is 4.79 Å². The summed E-state index contributed by atoms with van der Waals surface area (Å²) < 4.78 is 0. The molecule has 0 spiro atoms. The first-order valence-corrected chi connectivity index (χ1v) is 8.93. The number of aryl methyl sites for hydroxylation is 2. The Balaban J connectivity index is 2.05. The molecule has 2 N–H and O–H groups in total. The average molecular weight is 361 g/mol. The number of aromatic nitrogens is 2. The quantitative estimate of drug-likeness (QED) is 0.662. The van der Waals surface area contributed by atoms with E-state index >= 15 is 0 Å². The first-order valence-electron chi connectivity index (χ1n) is 8.93. The summed E-state index contributed by atoms with van der Waals surface area (Å²) in [6.45, 7) is 5.63. The van der Waals surface area contributed by atoms with Crippen LogP contribution in [0.15, 0.2) is 54.6 Å². The van der Waals surface area contributed by atoms with Gasteiger partial charge in [-0.2, -0.15) is 0 Å². The third-order valence-corrected chi connectivity index (χ3v) is 4.49. The highest BCUT2D eigenvalue weighted by atomic mass is 16.4. The van der Waals surface area contributed by atoms with Crippen LogP contribution in [0.25, 0.3) is 11.4 Å². The van der Waals surface area contributed by atoms with Crippen LogP contribution in [0.4, 0.5) is 11.5 Å². The number of benzene rings is 2. The standard InChI is InChI=1S/C22H23N3O2/c1-14-9-11-18(12-10-14)24-21-19(13-15(2)22(26)27)16(3)23-20(25-21)17-7-5-4-6-8-17/h4-12,15H,13H2,1-3H3,(H,26,27)(H,23,24,25). The van der Waals surface area contributed by atoms with Crippen LogP contribution < -0.4 is 5.32 Å². The van der Waals surface area contributed by atoms with E-state index in [9.17, 15) is 9.90 Å². The van der Waals surface area contributed by atoms with Gasteiger partial charge in [-0.05, 0) is 32.4 Å². The van der Waals surface area contributed by atoms with Crippen molar-refractivity contribution in [2.45, 2.75) is 27.2 Å². The van der Waals surface area contributed by atoms with Gasteiger partial charge in [0, 0.05) is 22.5 Å². The van der Waals surface area contributed by atoms with Crippen LogP contribution in [0.3, 0.4) is 0 Å². The molecular weight excluding hydrogens is 338 g/mol. The topological polar surface area (TPSA) is 75.1 Å². The molecule has 138 valence electrons. The van der Waals surface area contributed by atoms with Crippen molar-refractivity contribution >= 4 is 17.5 Å². The summed E-state index contributed by atoms with van der Waals surface area (Å²) in [7, 11) is 0. The molecule has 1 unspecified atom stereocenters. The number of carboxylic acids is 1. The minimum atomic E-state index is -0.831. The number of anilines is 2. The largest absolute Gasteiger partial charge is 0.481 e. The Labute approximate surface area is 159 Å². The van der Waals surface area contributed by atoms with Gasteiger partial charge in [0.1, 0.15) is 5.82 Å². The average Bonchev–Trinajstić information content (AvgIpc) is 2.66. The number of carboxylic acid groups (broad SMARTS) is 1. The third-order valence-electron chi connectivity index (χ3n) is 4.49. The Hall–Kier alpha value is -3.21. The maximum atomic E-state index is 11.3. The molecule has 0 aliphatic heterocycles. The minimum Gasteiger partial charge on any atom is -0.481 e. The second-order valence-corrected chi connectivity index (χ2v) is 6.76. The van der Waals surface area contributed by atoms with Gasteiger partial charge in [-0.15, -0.1) is 0 Å². The SMILES string of the molecule is Cc1ccc(Nc2nc(-c3ccccc3)nc(C)c2CC(C)C(=O)O)cc1. The number of aliphatic carboxylic acids is 1. The lowest BCUT2D eigenvalue weighted by Gasteiger charge is -2.17. The highest BCUT2D eigenvalue weighted by Crippen LogP contribution is 2.27. The lowest BCUT2D eigenvalue weighted by Crippen LogP contribution is -2.15. The summed E-state index contributed by atoms with van der Waals surface area (Å²) in [4.78, 5) is 20.7. The van der Waals surface area contributed by atoms with E-state index in [1.54, 1.807) is 6.92 Å². The molecule has 27 heavy (non-hydrogen) atoms. The molecule has 0 saturated carbocycles. The zero-order chi connectivity index (χ0) is 19.4. The van der Waals surface area contributed by atoms with Crippen molar-refractivity contribution in [1.82, 2.24) is 9.97 Å². The number of nitrogens with one attached hydrogen (secondary N) is 1. The predicted octanol–water partition coefficient (Wildman–Crippen LogP) is 4.77. The van der Waals surface area contributed by atoms with Gasteiger partial charge in [0.05, 0.1) is 5.92 Å². The fraction of sp³-hybridized carbons (Fsp3) is 0.227. The van der Waals surface area contributed by atoms with E-state index in [0.717, 1.165) is 22.5 Å². The molecule has 3 rings (SSSR count). The Morgan fingerprint density at radius 3 is 2.33 bits per heavy atom. The molecule has 0 radical (unpaired) electrons. The molecule has 5 heteroatoms. The normalized spacial score (nSPS) is 11.8. The molecule has 0 bridgehead atoms. The van der Waals surface area contributed by atoms with E-state index in [1.165, 1.54) is 5.56 Å². The third kappa shape index (κ3) is 4.50. The molecule has 5 nitrogen and oxygen atoms in total. The van der Waals surface area contributed by atoms with E-state index in [4.69, 9.17) is 4.98 Å². The van der Waals surface area contributed by atoms with Gasteiger partial charge in [0.2, 0.25) is 0 Å². The molecule has 3 aromatic rings. The Bertz CT molecular complexity index is 938. The van der Waals surface area contributed by atoms with Crippen LogP contribution in [-0.2, 0) is 11.2 Å². The number of nitrogens with zero attached hydrogens (tertiary/aromatic N) is 2. The summed E-state index contributed by atoms with van der Waals surface area (Å²) in [6.07, 6.45) is 0.366. The Morgan fingerprint density at radius 2 is 1.70 bits per heavy atom. The van der Waals surface area contributed by atoms with Crippen LogP contribution in [-0.4, -0.2) is 21.0 Å². The monoisotopic (exact) mass is 361 g/mol. The number of carbonyl (C=O) groups is 1. The number of rotatable bonds is 6. The Kier molecular flexibility index (Phi) is 5.50. The second kappa shape index (κ2) is 7.99. The molecule has 1 aromatic heterocycles. The van der Waals surface area contributed by atoms with Crippen LogP contribution in [0.1, 0.15) is 23.7 Å². The van der Waals surface area contributed by atoms with Crippen molar-refractivity contribution in [3.63, 3.8) is 0 Å².